The highest BCUT2D eigenvalue weighted by molar-refractivity contribution is 5.71. The fourth-order valence-corrected chi connectivity index (χ4v) is 8.24. The zero-order valence-corrected chi connectivity index (χ0v) is 39.6. The van der Waals surface area contributed by atoms with Gasteiger partial charge in [-0.2, -0.15) is 0 Å². The van der Waals surface area contributed by atoms with Gasteiger partial charge in [0.05, 0.1) is 19.1 Å². The van der Waals surface area contributed by atoms with Crippen LogP contribution in [0.5, 0.6) is 0 Å². The van der Waals surface area contributed by atoms with Crippen LogP contribution >= 0.6 is 0 Å². The van der Waals surface area contributed by atoms with Crippen molar-refractivity contribution in [3.8, 4) is 0 Å². The molecule has 0 aliphatic heterocycles. The van der Waals surface area contributed by atoms with E-state index in [-0.39, 0.29) is 23.8 Å². The van der Waals surface area contributed by atoms with Crippen molar-refractivity contribution in [2.45, 2.75) is 304 Å². The van der Waals surface area contributed by atoms with Crippen LogP contribution in [-0.4, -0.2) is 25.2 Å². The lowest BCUT2D eigenvalue weighted by Crippen LogP contribution is -2.18. The standard InChI is InChI=1S/C53H104O4/c1-5-7-9-11-13-15-17-19-21-23-25-26-28-30-32-34-36-38-40-42-44-46-52(54)57-49-50(3)47-48-56-53(55)51(4)45-43-41-39-37-35-33-31-29-27-24-22-20-18-16-14-12-10-8-6-2/h50-51H,5-49H2,1-4H3. The third-order valence-electron chi connectivity index (χ3n) is 12.5. The average Bonchev–Trinajstić information content (AvgIpc) is 3.21. The molecule has 0 aromatic heterocycles. The van der Waals surface area contributed by atoms with E-state index in [9.17, 15) is 9.59 Å². The quantitative estimate of drug-likeness (QED) is 0.0454. The third-order valence-corrected chi connectivity index (χ3v) is 12.5. The molecule has 0 radical (unpaired) electrons. The molecular weight excluding hydrogens is 701 g/mol. The van der Waals surface area contributed by atoms with Gasteiger partial charge in [0.1, 0.15) is 0 Å². The number of carbonyl (C=O) groups is 2. The van der Waals surface area contributed by atoms with Crippen molar-refractivity contribution in [3.63, 3.8) is 0 Å². The zero-order valence-electron chi connectivity index (χ0n) is 39.6. The second-order valence-electron chi connectivity index (χ2n) is 18.6. The van der Waals surface area contributed by atoms with Crippen molar-refractivity contribution in [1.82, 2.24) is 0 Å². The summed E-state index contributed by atoms with van der Waals surface area (Å²) in [6.07, 6.45) is 57.2. The second kappa shape index (κ2) is 47.6. The molecule has 0 bridgehead atoms. The first kappa shape index (κ1) is 55.9. The van der Waals surface area contributed by atoms with Gasteiger partial charge in [0.25, 0.3) is 0 Å². The number of unbranched alkanes of at least 4 members (excludes halogenated alkanes) is 38. The van der Waals surface area contributed by atoms with Gasteiger partial charge in [-0.25, -0.2) is 0 Å². The van der Waals surface area contributed by atoms with Crippen LogP contribution in [0.1, 0.15) is 304 Å². The number of hydrogen-bond donors (Lipinski definition) is 0. The Morgan fingerprint density at radius 3 is 0.947 bits per heavy atom. The first-order valence-electron chi connectivity index (χ1n) is 26.3. The van der Waals surface area contributed by atoms with Crippen molar-refractivity contribution in [1.29, 1.82) is 0 Å². The molecule has 0 aromatic carbocycles. The Balaban J connectivity index is 3.41. The van der Waals surface area contributed by atoms with E-state index in [4.69, 9.17) is 9.47 Å². The van der Waals surface area contributed by atoms with Crippen molar-refractivity contribution < 1.29 is 19.1 Å². The van der Waals surface area contributed by atoms with Crippen molar-refractivity contribution in [2.75, 3.05) is 13.2 Å². The van der Waals surface area contributed by atoms with Crippen LogP contribution in [0.25, 0.3) is 0 Å². The summed E-state index contributed by atoms with van der Waals surface area (Å²) < 4.78 is 11.1. The molecule has 0 spiro atoms. The summed E-state index contributed by atoms with van der Waals surface area (Å²) in [7, 11) is 0. The van der Waals surface area contributed by atoms with Crippen LogP contribution in [0.2, 0.25) is 0 Å². The number of ether oxygens (including phenoxy) is 2. The lowest BCUT2D eigenvalue weighted by atomic mass is 10.0. The molecule has 0 rings (SSSR count). The Morgan fingerprint density at radius 2 is 0.632 bits per heavy atom. The van der Waals surface area contributed by atoms with Gasteiger partial charge in [-0.1, -0.05) is 278 Å². The van der Waals surface area contributed by atoms with Crippen LogP contribution in [0, 0.1) is 11.8 Å². The van der Waals surface area contributed by atoms with Gasteiger partial charge in [0.15, 0.2) is 0 Å². The van der Waals surface area contributed by atoms with Crippen LogP contribution in [0.4, 0.5) is 0 Å². The highest BCUT2D eigenvalue weighted by Crippen LogP contribution is 2.18. The minimum absolute atomic E-state index is 0.0298. The summed E-state index contributed by atoms with van der Waals surface area (Å²) in [5.74, 6) is 0.0237. The van der Waals surface area contributed by atoms with Crippen LogP contribution < -0.4 is 0 Å². The minimum atomic E-state index is -0.0788. The predicted octanol–water partition coefficient (Wildman–Crippen LogP) is 18.2. The Bertz CT molecular complexity index is 796. The maximum Gasteiger partial charge on any atom is 0.308 e. The largest absolute Gasteiger partial charge is 0.465 e. The van der Waals surface area contributed by atoms with E-state index >= 15 is 0 Å². The molecule has 0 aromatic rings. The molecule has 2 unspecified atom stereocenters. The van der Waals surface area contributed by atoms with Crippen molar-refractivity contribution in [3.05, 3.63) is 0 Å². The average molecular weight is 805 g/mol. The van der Waals surface area contributed by atoms with Gasteiger partial charge < -0.3 is 9.47 Å². The smallest absolute Gasteiger partial charge is 0.308 e. The Labute approximate surface area is 358 Å². The lowest BCUT2D eigenvalue weighted by molar-refractivity contribution is -0.150. The molecule has 0 amide bonds. The third kappa shape index (κ3) is 45.9. The number of carbonyl (C=O) groups excluding carboxylic acids is 2. The lowest BCUT2D eigenvalue weighted by Gasteiger charge is -2.14. The van der Waals surface area contributed by atoms with Gasteiger partial charge in [0.2, 0.25) is 0 Å². The van der Waals surface area contributed by atoms with Crippen LogP contribution in [0.3, 0.4) is 0 Å². The fraction of sp³-hybridized carbons (Fsp3) is 0.962. The Hall–Kier alpha value is -1.06. The topological polar surface area (TPSA) is 52.6 Å². The number of esters is 2. The molecule has 4 nitrogen and oxygen atoms in total. The molecule has 2 atom stereocenters. The molecule has 0 fully saturated rings. The van der Waals surface area contributed by atoms with Gasteiger partial charge in [-0.15, -0.1) is 0 Å². The van der Waals surface area contributed by atoms with Gasteiger partial charge >= 0.3 is 11.9 Å². The summed E-state index contributed by atoms with van der Waals surface area (Å²) >= 11 is 0. The summed E-state index contributed by atoms with van der Waals surface area (Å²) in [6.45, 7) is 9.50. The molecule has 340 valence electrons. The Morgan fingerprint density at radius 1 is 0.351 bits per heavy atom. The van der Waals surface area contributed by atoms with Crippen LogP contribution in [0.15, 0.2) is 0 Å². The summed E-state index contributed by atoms with van der Waals surface area (Å²) in [5.41, 5.74) is 0. The Kier molecular flexibility index (Phi) is 46.7. The molecule has 57 heavy (non-hydrogen) atoms. The molecule has 0 aliphatic carbocycles. The van der Waals surface area contributed by atoms with Crippen molar-refractivity contribution in [2.24, 2.45) is 11.8 Å². The summed E-state index contributed by atoms with van der Waals surface area (Å²) in [6, 6.07) is 0. The first-order chi connectivity index (χ1) is 28.0. The molecule has 0 saturated heterocycles. The van der Waals surface area contributed by atoms with Gasteiger partial charge in [0, 0.05) is 6.42 Å². The van der Waals surface area contributed by atoms with Crippen LogP contribution in [-0.2, 0) is 19.1 Å². The number of hydrogen-bond acceptors (Lipinski definition) is 4. The first-order valence-corrected chi connectivity index (χ1v) is 26.3. The van der Waals surface area contributed by atoms with Gasteiger partial charge in [-0.3, -0.25) is 9.59 Å². The van der Waals surface area contributed by atoms with E-state index in [1.54, 1.807) is 0 Å². The van der Waals surface area contributed by atoms with E-state index < -0.39 is 0 Å². The SMILES string of the molecule is CCCCCCCCCCCCCCCCCCCCCCCC(=O)OCC(C)CCOC(=O)C(C)CCCCCCCCCCCCCCCCCCCCC. The predicted molar refractivity (Wildman–Crippen MR) is 250 cm³/mol. The summed E-state index contributed by atoms with van der Waals surface area (Å²) in [5, 5.41) is 0. The minimum Gasteiger partial charge on any atom is -0.465 e. The van der Waals surface area contributed by atoms with E-state index in [1.807, 2.05) is 6.92 Å². The fourth-order valence-electron chi connectivity index (χ4n) is 8.24. The maximum atomic E-state index is 12.5. The molecule has 4 heteroatoms. The van der Waals surface area contributed by atoms with E-state index in [0.29, 0.717) is 19.6 Å². The molecule has 0 heterocycles. The van der Waals surface area contributed by atoms with E-state index in [1.165, 1.54) is 238 Å². The van der Waals surface area contributed by atoms with E-state index in [2.05, 4.69) is 20.8 Å². The van der Waals surface area contributed by atoms with Gasteiger partial charge in [-0.05, 0) is 25.2 Å². The van der Waals surface area contributed by atoms with E-state index in [0.717, 1.165) is 32.1 Å². The monoisotopic (exact) mass is 805 g/mol. The number of rotatable bonds is 48. The maximum absolute atomic E-state index is 12.5. The molecule has 0 aliphatic rings. The normalized spacial score (nSPS) is 12.6. The highest BCUT2D eigenvalue weighted by atomic mass is 16.5. The molecule has 0 N–H and O–H groups in total. The summed E-state index contributed by atoms with van der Waals surface area (Å²) in [4.78, 5) is 24.7. The zero-order chi connectivity index (χ0) is 41.5. The second-order valence-corrected chi connectivity index (χ2v) is 18.6. The van der Waals surface area contributed by atoms with Crippen molar-refractivity contribution >= 4 is 11.9 Å². The highest BCUT2D eigenvalue weighted by Gasteiger charge is 2.15. The molecule has 0 saturated carbocycles. The molecular formula is C53H104O4.